The van der Waals surface area contributed by atoms with Crippen molar-refractivity contribution in [3.63, 3.8) is 0 Å². The van der Waals surface area contributed by atoms with Crippen molar-refractivity contribution in [1.82, 2.24) is 0 Å². The molecule has 0 saturated carbocycles. The van der Waals surface area contributed by atoms with E-state index < -0.39 is 0 Å². The van der Waals surface area contributed by atoms with Crippen LogP contribution in [-0.4, -0.2) is 0 Å². The quantitative estimate of drug-likeness (QED) is 0.177. The van der Waals surface area contributed by atoms with Crippen LogP contribution in [0.5, 0.6) is 0 Å². The van der Waals surface area contributed by atoms with Gasteiger partial charge in [0.05, 0.1) is 0 Å². The van der Waals surface area contributed by atoms with Gasteiger partial charge >= 0.3 is 0 Å². The van der Waals surface area contributed by atoms with Gasteiger partial charge in [0.15, 0.2) is 0 Å². The first-order valence-electron chi connectivity index (χ1n) is 16.8. The lowest BCUT2D eigenvalue weighted by atomic mass is 9.81. The van der Waals surface area contributed by atoms with Crippen molar-refractivity contribution < 1.29 is 0 Å². The molecule has 0 saturated heterocycles. The largest absolute Gasteiger partial charge is 0.0619 e. The molecule has 0 aliphatic heterocycles. The highest BCUT2D eigenvalue weighted by Gasteiger charge is 2.35. The summed E-state index contributed by atoms with van der Waals surface area (Å²) in [5.74, 6) is 0. The summed E-state index contributed by atoms with van der Waals surface area (Å²) in [6, 6.07) is 52.6. The highest BCUT2D eigenvalue weighted by molar-refractivity contribution is 6.25. The Balaban J connectivity index is 1.08. The van der Waals surface area contributed by atoms with Crippen LogP contribution < -0.4 is 0 Å². The van der Waals surface area contributed by atoms with Crippen molar-refractivity contribution >= 4 is 32.3 Å². The summed E-state index contributed by atoms with van der Waals surface area (Å²) < 4.78 is 0. The molecule has 0 heterocycles. The fourth-order valence-electron chi connectivity index (χ4n) is 8.11. The predicted octanol–water partition coefficient (Wildman–Crippen LogP) is 13.2. The minimum atomic E-state index is -0.00409. The summed E-state index contributed by atoms with van der Waals surface area (Å²) in [6.07, 6.45) is 0. The van der Waals surface area contributed by atoms with Gasteiger partial charge in [-0.05, 0) is 111 Å². The van der Waals surface area contributed by atoms with Crippen LogP contribution in [0.15, 0.2) is 140 Å². The van der Waals surface area contributed by atoms with Gasteiger partial charge in [0.2, 0.25) is 0 Å². The molecule has 0 aromatic heterocycles. The molecule has 0 amide bonds. The van der Waals surface area contributed by atoms with E-state index in [0.29, 0.717) is 0 Å². The van der Waals surface area contributed by atoms with E-state index in [1.165, 1.54) is 93.5 Å². The number of hydrogen-bond donors (Lipinski definition) is 0. The van der Waals surface area contributed by atoms with Crippen LogP contribution >= 0.6 is 0 Å². The molecule has 1 aliphatic rings. The first-order valence-corrected chi connectivity index (χ1v) is 16.8. The molecule has 0 bridgehead atoms. The molecule has 0 unspecified atom stereocenters. The van der Waals surface area contributed by atoms with Crippen molar-refractivity contribution in [3.8, 4) is 44.5 Å². The average Bonchev–Trinajstić information content (AvgIpc) is 3.32. The predicted molar refractivity (Wildman–Crippen MR) is 203 cm³/mol. The highest BCUT2D eigenvalue weighted by atomic mass is 14.4. The van der Waals surface area contributed by atoms with Crippen LogP contribution in [0.3, 0.4) is 0 Å². The molecule has 9 rings (SSSR count). The molecule has 0 nitrogen and oxygen atoms in total. The van der Waals surface area contributed by atoms with Crippen LogP contribution in [-0.2, 0) is 10.8 Å². The van der Waals surface area contributed by atoms with Gasteiger partial charge in [0, 0.05) is 5.41 Å². The van der Waals surface area contributed by atoms with E-state index in [1.54, 1.807) is 0 Å². The Morgan fingerprint density at radius 2 is 0.979 bits per heavy atom. The normalized spacial score (nSPS) is 13.8. The second-order valence-corrected chi connectivity index (χ2v) is 15.0. The SMILES string of the molecule is CC(C)(C)c1cc2ccc3ccc(-c4ccc(-c5cccc(-c6ccc7c(c6)C(C)(C)c6ccccc6-7)c5)cc4)c4ccc(c1)c2c34. The molecule has 0 heteroatoms. The summed E-state index contributed by atoms with van der Waals surface area (Å²) in [4.78, 5) is 0. The molecule has 0 fully saturated rings. The monoisotopic (exact) mass is 602 g/mol. The van der Waals surface area contributed by atoms with Crippen LogP contribution in [0.25, 0.3) is 76.8 Å². The van der Waals surface area contributed by atoms with Gasteiger partial charge < -0.3 is 0 Å². The van der Waals surface area contributed by atoms with Crippen LogP contribution in [0.4, 0.5) is 0 Å². The van der Waals surface area contributed by atoms with Gasteiger partial charge in [-0.1, -0.05) is 162 Å². The molecule has 47 heavy (non-hydrogen) atoms. The number of benzene rings is 8. The van der Waals surface area contributed by atoms with E-state index in [9.17, 15) is 0 Å². The van der Waals surface area contributed by atoms with Crippen molar-refractivity contribution in [2.45, 2.75) is 45.4 Å². The lowest BCUT2D eigenvalue weighted by Crippen LogP contribution is -2.14. The minimum Gasteiger partial charge on any atom is -0.0619 e. The van der Waals surface area contributed by atoms with Gasteiger partial charge in [-0.25, -0.2) is 0 Å². The van der Waals surface area contributed by atoms with Crippen molar-refractivity contribution in [1.29, 1.82) is 0 Å². The molecule has 1 aliphatic carbocycles. The van der Waals surface area contributed by atoms with E-state index in [4.69, 9.17) is 0 Å². The van der Waals surface area contributed by atoms with Crippen molar-refractivity contribution in [2.75, 3.05) is 0 Å². The van der Waals surface area contributed by atoms with Gasteiger partial charge in [0.25, 0.3) is 0 Å². The third-order valence-electron chi connectivity index (χ3n) is 10.8. The Morgan fingerprint density at radius 1 is 0.404 bits per heavy atom. The Labute approximate surface area is 277 Å². The fourth-order valence-corrected chi connectivity index (χ4v) is 8.11. The Morgan fingerprint density at radius 3 is 1.74 bits per heavy atom. The second kappa shape index (κ2) is 9.90. The van der Waals surface area contributed by atoms with Gasteiger partial charge in [-0.15, -0.1) is 0 Å². The topological polar surface area (TPSA) is 0 Å². The maximum Gasteiger partial charge on any atom is 0.0159 e. The minimum absolute atomic E-state index is 0.00409. The summed E-state index contributed by atoms with van der Waals surface area (Å²) in [5.41, 5.74) is 14.6. The van der Waals surface area contributed by atoms with E-state index in [0.717, 1.165) is 0 Å². The van der Waals surface area contributed by atoms with Crippen molar-refractivity contribution in [2.24, 2.45) is 0 Å². The van der Waals surface area contributed by atoms with Crippen LogP contribution in [0.1, 0.15) is 51.3 Å². The zero-order chi connectivity index (χ0) is 32.1. The Kier molecular flexibility index (Phi) is 5.91. The molecular weight excluding hydrogens is 565 g/mol. The van der Waals surface area contributed by atoms with E-state index in [1.807, 2.05) is 0 Å². The molecule has 0 N–H and O–H groups in total. The fraction of sp³-hybridized carbons (Fsp3) is 0.149. The first-order chi connectivity index (χ1) is 22.7. The van der Waals surface area contributed by atoms with Gasteiger partial charge in [-0.2, -0.15) is 0 Å². The van der Waals surface area contributed by atoms with Crippen LogP contribution in [0.2, 0.25) is 0 Å². The van der Waals surface area contributed by atoms with Gasteiger partial charge in [0.1, 0.15) is 0 Å². The van der Waals surface area contributed by atoms with Crippen molar-refractivity contribution in [3.05, 3.63) is 156 Å². The molecule has 0 atom stereocenters. The molecule has 8 aromatic rings. The Hall–Kier alpha value is -5.20. The number of hydrogen-bond acceptors (Lipinski definition) is 0. The average molecular weight is 603 g/mol. The number of rotatable bonds is 3. The first kappa shape index (κ1) is 28.1. The summed E-state index contributed by atoms with van der Waals surface area (Å²) >= 11 is 0. The molecule has 226 valence electrons. The standard InChI is InChI=1S/C47H38/c1-46(2,3)37-26-35-18-17-31-19-22-38(41-24-21-36(27-37)44(35)45(31)41)30-15-13-29(14-16-30)32-9-8-10-33(25-32)34-20-23-40-39-11-6-7-12-42(39)47(4,5)43(40)28-34/h6-28H,1-5H3. The van der Waals surface area contributed by atoms with E-state index in [-0.39, 0.29) is 10.8 Å². The molecule has 8 aromatic carbocycles. The smallest absolute Gasteiger partial charge is 0.0159 e. The molecular formula is C47H38. The van der Waals surface area contributed by atoms with E-state index >= 15 is 0 Å². The maximum absolute atomic E-state index is 2.41. The van der Waals surface area contributed by atoms with Crippen LogP contribution in [0, 0.1) is 0 Å². The third kappa shape index (κ3) is 4.28. The summed E-state index contributed by atoms with van der Waals surface area (Å²) in [5, 5.41) is 8.03. The zero-order valence-corrected chi connectivity index (χ0v) is 27.8. The molecule has 0 radical (unpaired) electrons. The third-order valence-corrected chi connectivity index (χ3v) is 10.8. The van der Waals surface area contributed by atoms with E-state index in [2.05, 4.69) is 174 Å². The summed E-state index contributed by atoms with van der Waals surface area (Å²) in [6.45, 7) is 11.6. The zero-order valence-electron chi connectivity index (χ0n) is 27.8. The maximum atomic E-state index is 2.41. The Bertz CT molecular complexity index is 2480. The second-order valence-electron chi connectivity index (χ2n) is 15.0. The highest BCUT2D eigenvalue weighted by Crippen LogP contribution is 2.49. The van der Waals surface area contributed by atoms with Gasteiger partial charge in [-0.3, -0.25) is 0 Å². The lowest BCUT2D eigenvalue weighted by molar-refractivity contribution is 0.591. The molecule has 0 spiro atoms. The number of fused-ring (bicyclic) bond motifs is 3. The lowest BCUT2D eigenvalue weighted by Gasteiger charge is -2.22. The summed E-state index contributed by atoms with van der Waals surface area (Å²) in [7, 11) is 0.